The minimum atomic E-state index is -0.104. The fourth-order valence-electron chi connectivity index (χ4n) is 2.40. The number of carbonyl (C=O) groups excluding carboxylic acids is 1. The molecule has 3 heteroatoms. The topological polar surface area (TPSA) is 53.5 Å². The molecule has 1 aliphatic carbocycles. The Morgan fingerprint density at radius 3 is 2.88 bits per heavy atom. The molecule has 2 atom stereocenters. The SMILES string of the molecule is CC(C)C1C=C(CCC(=O)C=[N+]=[N-])[C@H](C)CC1. The molecule has 0 aromatic rings. The summed E-state index contributed by atoms with van der Waals surface area (Å²) in [6.07, 6.45) is 7.09. The van der Waals surface area contributed by atoms with Crippen LogP contribution in [0.1, 0.15) is 46.5 Å². The van der Waals surface area contributed by atoms with E-state index in [1.807, 2.05) is 0 Å². The number of hydrogen-bond acceptors (Lipinski definition) is 1. The van der Waals surface area contributed by atoms with Crippen molar-refractivity contribution in [3.8, 4) is 0 Å². The van der Waals surface area contributed by atoms with E-state index < -0.39 is 0 Å². The average molecular weight is 234 g/mol. The number of Topliss-reactive ketones (excluding diaryl/α,β-unsaturated/α-hetero) is 1. The van der Waals surface area contributed by atoms with Gasteiger partial charge < -0.3 is 5.53 Å². The van der Waals surface area contributed by atoms with Crippen molar-refractivity contribution in [3.63, 3.8) is 0 Å². The lowest BCUT2D eigenvalue weighted by Crippen LogP contribution is -2.17. The van der Waals surface area contributed by atoms with Crippen LogP contribution in [0, 0.1) is 17.8 Å². The Morgan fingerprint density at radius 1 is 1.59 bits per heavy atom. The van der Waals surface area contributed by atoms with Crippen LogP contribution >= 0.6 is 0 Å². The molecule has 0 aromatic carbocycles. The van der Waals surface area contributed by atoms with Gasteiger partial charge in [-0.3, -0.25) is 4.79 Å². The molecule has 0 bridgehead atoms. The van der Waals surface area contributed by atoms with Gasteiger partial charge in [-0.1, -0.05) is 32.4 Å². The highest BCUT2D eigenvalue weighted by Crippen LogP contribution is 2.34. The van der Waals surface area contributed by atoms with Crippen LogP contribution in [0.2, 0.25) is 0 Å². The first-order chi connectivity index (χ1) is 8.04. The summed E-state index contributed by atoms with van der Waals surface area (Å²) in [6.45, 7) is 6.73. The average Bonchev–Trinajstić information content (AvgIpc) is 2.28. The summed E-state index contributed by atoms with van der Waals surface area (Å²) in [6, 6.07) is 0. The van der Waals surface area contributed by atoms with Crippen LogP contribution in [0.4, 0.5) is 0 Å². The Morgan fingerprint density at radius 2 is 2.29 bits per heavy atom. The van der Waals surface area contributed by atoms with Gasteiger partial charge in [0, 0.05) is 6.42 Å². The molecule has 0 N–H and O–H groups in total. The van der Waals surface area contributed by atoms with Gasteiger partial charge in [-0.05, 0) is 37.0 Å². The van der Waals surface area contributed by atoms with E-state index in [1.165, 1.54) is 18.4 Å². The zero-order chi connectivity index (χ0) is 12.8. The van der Waals surface area contributed by atoms with Crippen molar-refractivity contribution in [2.75, 3.05) is 0 Å². The van der Waals surface area contributed by atoms with Gasteiger partial charge in [0.1, 0.15) is 0 Å². The Kier molecular flexibility index (Phi) is 5.30. The summed E-state index contributed by atoms with van der Waals surface area (Å²) in [5.41, 5.74) is 9.67. The summed E-state index contributed by atoms with van der Waals surface area (Å²) in [5.74, 6) is 1.81. The zero-order valence-electron chi connectivity index (χ0n) is 11.0. The minimum Gasteiger partial charge on any atom is -0.361 e. The van der Waals surface area contributed by atoms with Crippen molar-refractivity contribution in [1.82, 2.24) is 0 Å². The zero-order valence-corrected chi connectivity index (χ0v) is 11.0. The van der Waals surface area contributed by atoms with Crippen LogP contribution in [-0.4, -0.2) is 16.8 Å². The molecule has 1 unspecified atom stereocenters. The lowest BCUT2D eigenvalue weighted by Gasteiger charge is -2.28. The molecule has 0 aliphatic heterocycles. The van der Waals surface area contributed by atoms with E-state index in [0.717, 1.165) is 12.6 Å². The molecule has 1 aliphatic rings. The monoisotopic (exact) mass is 234 g/mol. The van der Waals surface area contributed by atoms with E-state index in [4.69, 9.17) is 5.53 Å². The molecule has 0 saturated carbocycles. The summed E-state index contributed by atoms with van der Waals surface area (Å²) in [5, 5.41) is 0. The molecule has 17 heavy (non-hydrogen) atoms. The number of nitrogens with zero attached hydrogens (tertiary/aromatic N) is 2. The molecule has 1 rings (SSSR count). The third kappa shape index (κ3) is 4.27. The maximum atomic E-state index is 11.3. The van der Waals surface area contributed by atoms with E-state index in [0.29, 0.717) is 24.2 Å². The van der Waals surface area contributed by atoms with E-state index >= 15 is 0 Å². The van der Waals surface area contributed by atoms with Crippen LogP contribution in [0.25, 0.3) is 5.53 Å². The Balaban J connectivity index is 2.60. The van der Waals surface area contributed by atoms with Gasteiger partial charge in [0.2, 0.25) is 5.78 Å². The number of rotatable bonds is 5. The third-order valence-electron chi connectivity index (χ3n) is 3.71. The van der Waals surface area contributed by atoms with Crippen molar-refractivity contribution in [2.24, 2.45) is 17.8 Å². The quantitative estimate of drug-likeness (QED) is 0.312. The van der Waals surface area contributed by atoms with E-state index in [2.05, 4.69) is 31.6 Å². The summed E-state index contributed by atoms with van der Waals surface area (Å²) < 4.78 is 0. The number of ketones is 1. The molecule has 0 radical (unpaired) electrons. The highest BCUT2D eigenvalue weighted by Gasteiger charge is 2.21. The molecular weight excluding hydrogens is 212 g/mol. The van der Waals surface area contributed by atoms with Crippen molar-refractivity contribution < 1.29 is 9.58 Å². The summed E-state index contributed by atoms with van der Waals surface area (Å²) >= 11 is 0. The van der Waals surface area contributed by atoms with Gasteiger partial charge in [-0.2, -0.15) is 4.79 Å². The molecule has 0 amide bonds. The standard InChI is InChI=1S/C14H22N2O/c1-10(2)12-5-4-11(3)13(8-12)6-7-14(17)9-16-15/h8-12H,4-7H2,1-3H3/t11-,12?/m1/s1. The predicted molar refractivity (Wildman–Crippen MR) is 68.7 cm³/mol. The van der Waals surface area contributed by atoms with Crippen molar-refractivity contribution in [1.29, 1.82) is 0 Å². The number of allylic oxidation sites excluding steroid dienone is 2. The highest BCUT2D eigenvalue weighted by molar-refractivity contribution is 6.25. The second-order valence-electron chi connectivity index (χ2n) is 5.34. The fourth-order valence-corrected chi connectivity index (χ4v) is 2.40. The van der Waals surface area contributed by atoms with Gasteiger partial charge in [0.05, 0.1) is 0 Å². The Bertz CT molecular complexity index is 351. The van der Waals surface area contributed by atoms with E-state index in [9.17, 15) is 4.79 Å². The lowest BCUT2D eigenvalue weighted by molar-refractivity contribution is -0.116. The second kappa shape index (κ2) is 6.51. The Labute approximate surface area is 104 Å². The lowest BCUT2D eigenvalue weighted by atomic mass is 9.77. The largest absolute Gasteiger partial charge is 0.361 e. The van der Waals surface area contributed by atoms with Crippen LogP contribution in [0.15, 0.2) is 11.6 Å². The van der Waals surface area contributed by atoms with Crippen LogP contribution in [-0.2, 0) is 4.79 Å². The summed E-state index contributed by atoms with van der Waals surface area (Å²) in [7, 11) is 0. The minimum absolute atomic E-state index is 0.104. The van der Waals surface area contributed by atoms with Crippen LogP contribution in [0.3, 0.4) is 0 Å². The van der Waals surface area contributed by atoms with Crippen molar-refractivity contribution >= 4 is 12.0 Å². The molecule has 94 valence electrons. The van der Waals surface area contributed by atoms with Gasteiger partial charge in [0.15, 0.2) is 0 Å². The second-order valence-corrected chi connectivity index (χ2v) is 5.34. The fraction of sp³-hybridized carbons (Fsp3) is 0.714. The van der Waals surface area contributed by atoms with Crippen LogP contribution in [0.5, 0.6) is 0 Å². The molecule has 0 aromatic heterocycles. The first-order valence-corrected chi connectivity index (χ1v) is 6.45. The van der Waals surface area contributed by atoms with Crippen molar-refractivity contribution in [3.05, 3.63) is 17.2 Å². The smallest absolute Gasteiger partial charge is 0.323 e. The summed E-state index contributed by atoms with van der Waals surface area (Å²) in [4.78, 5) is 14.0. The molecule has 0 spiro atoms. The predicted octanol–water partition coefficient (Wildman–Crippen LogP) is 3.26. The number of hydrogen-bond donors (Lipinski definition) is 0. The molecule has 0 saturated heterocycles. The van der Waals surface area contributed by atoms with Gasteiger partial charge in [-0.15, -0.1) is 0 Å². The van der Waals surface area contributed by atoms with E-state index in [-0.39, 0.29) is 5.78 Å². The van der Waals surface area contributed by atoms with Gasteiger partial charge in [0.25, 0.3) is 0 Å². The van der Waals surface area contributed by atoms with Gasteiger partial charge >= 0.3 is 6.21 Å². The maximum absolute atomic E-state index is 11.3. The third-order valence-corrected chi connectivity index (χ3v) is 3.71. The first kappa shape index (κ1) is 13.9. The maximum Gasteiger partial charge on any atom is 0.323 e. The molecular formula is C14H22N2O. The highest BCUT2D eigenvalue weighted by atomic mass is 16.1. The molecule has 0 fully saturated rings. The number of carbonyl (C=O) groups is 1. The van der Waals surface area contributed by atoms with E-state index in [1.54, 1.807) is 0 Å². The molecule has 3 nitrogen and oxygen atoms in total. The normalized spacial score (nSPS) is 24.1. The van der Waals surface area contributed by atoms with Crippen molar-refractivity contribution in [2.45, 2.75) is 46.5 Å². The molecule has 0 heterocycles. The van der Waals surface area contributed by atoms with Crippen LogP contribution < -0.4 is 0 Å². The Hall–Kier alpha value is -1.21. The first-order valence-electron chi connectivity index (χ1n) is 6.45. The van der Waals surface area contributed by atoms with Gasteiger partial charge in [-0.25, -0.2) is 0 Å².